The summed E-state index contributed by atoms with van der Waals surface area (Å²) >= 11 is 0. The third kappa shape index (κ3) is 3.67. The molecule has 0 fully saturated rings. The van der Waals surface area contributed by atoms with E-state index in [9.17, 15) is 4.79 Å². The number of hydrogen-bond acceptors (Lipinski definition) is 4. The lowest BCUT2D eigenvalue weighted by Crippen LogP contribution is -2.34. The zero-order chi connectivity index (χ0) is 18.8. The fourth-order valence-electron chi connectivity index (χ4n) is 3.32. The van der Waals surface area contributed by atoms with Crippen molar-refractivity contribution in [2.24, 2.45) is 0 Å². The monoisotopic (exact) mass is 359 g/mol. The average Bonchev–Trinajstić information content (AvgIpc) is 3.10. The molecule has 1 aliphatic rings. The Morgan fingerprint density at radius 3 is 2.89 bits per heavy atom. The highest BCUT2D eigenvalue weighted by atomic mass is 16.5. The highest BCUT2D eigenvalue weighted by molar-refractivity contribution is 5.95. The van der Waals surface area contributed by atoms with Crippen LogP contribution in [0.3, 0.4) is 0 Å². The first-order valence-corrected chi connectivity index (χ1v) is 9.01. The van der Waals surface area contributed by atoms with Gasteiger partial charge in [-0.05, 0) is 49.2 Å². The minimum absolute atomic E-state index is 0.0593. The molecule has 4 rings (SSSR count). The molecular formula is C22H21N3O2. The molecule has 2 heterocycles. The summed E-state index contributed by atoms with van der Waals surface area (Å²) in [4.78, 5) is 21.0. The molecule has 27 heavy (non-hydrogen) atoms. The van der Waals surface area contributed by atoms with Crippen molar-refractivity contribution in [3.05, 3.63) is 77.2 Å². The van der Waals surface area contributed by atoms with E-state index in [0.29, 0.717) is 6.54 Å². The second-order valence-electron chi connectivity index (χ2n) is 6.89. The van der Waals surface area contributed by atoms with Crippen molar-refractivity contribution in [3.63, 3.8) is 0 Å². The summed E-state index contributed by atoms with van der Waals surface area (Å²) in [6, 6.07) is 11.9. The molecule has 3 aromatic rings. The van der Waals surface area contributed by atoms with Gasteiger partial charge in [-0.2, -0.15) is 0 Å². The molecule has 0 spiro atoms. The van der Waals surface area contributed by atoms with E-state index < -0.39 is 0 Å². The van der Waals surface area contributed by atoms with Crippen molar-refractivity contribution in [1.29, 1.82) is 0 Å². The molecule has 0 saturated carbocycles. The lowest BCUT2D eigenvalue weighted by atomic mass is 10.0. The zero-order valence-electron chi connectivity index (χ0n) is 15.4. The number of rotatable bonds is 4. The van der Waals surface area contributed by atoms with Crippen LogP contribution in [0.4, 0.5) is 0 Å². The van der Waals surface area contributed by atoms with Crippen LogP contribution in [-0.4, -0.2) is 28.5 Å². The van der Waals surface area contributed by atoms with E-state index >= 15 is 0 Å². The first kappa shape index (κ1) is 17.2. The summed E-state index contributed by atoms with van der Waals surface area (Å²) in [5.74, 6) is 0.810. The number of benzene rings is 2. The number of carbonyl (C=O) groups is 1. The van der Waals surface area contributed by atoms with Gasteiger partial charge < -0.3 is 10.1 Å². The highest BCUT2D eigenvalue weighted by Crippen LogP contribution is 2.32. The lowest BCUT2D eigenvalue weighted by Gasteiger charge is -2.13. The molecule has 1 N–H and O–H groups in total. The number of aryl methyl sites for hydroxylation is 2. The molecule has 1 amide bonds. The minimum atomic E-state index is -0.0637. The van der Waals surface area contributed by atoms with Crippen LogP contribution in [0.2, 0.25) is 0 Å². The van der Waals surface area contributed by atoms with Gasteiger partial charge in [0.1, 0.15) is 11.9 Å². The third-order valence-corrected chi connectivity index (χ3v) is 4.79. The lowest BCUT2D eigenvalue weighted by molar-refractivity contribution is 0.0933. The van der Waals surface area contributed by atoms with Crippen molar-refractivity contribution in [2.75, 3.05) is 6.54 Å². The van der Waals surface area contributed by atoms with Crippen molar-refractivity contribution >= 4 is 5.91 Å². The van der Waals surface area contributed by atoms with Crippen LogP contribution in [-0.2, 0) is 6.42 Å². The number of nitrogens with zero attached hydrogens (tertiary/aromatic N) is 2. The SMILES string of the molecule is Cc1ccc(C)c(C(=O)NC[C@@H]2Cc3cc(-c4cnccn4)ccc3O2)c1. The molecule has 0 aliphatic carbocycles. The van der Waals surface area contributed by atoms with Crippen LogP contribution in [0, 0.1) is 13.8 Å². The summed E-state index contributed by atoms with van der Waals surface area (Å²) < 4.78 is 5.99. The predicted octanol–water partition coefficient (Wildman–Crippen LogP) is 3.49. The molecule has 1 aliphatic heterocycles. The number of amides is 1. The van der Waals surface area contributed by atoms with Crippen LogP contribution >= 0.6 is 0 Å². The Morgan fingerprint density at radius 2 is 2.07 bits per heavy atom. The maximum Gasteiger partial charge on any atom is 0.251 e. The fourth-order valence-corrected chi connectivity index (χ4v) is 3.32. The van der Waals surface area contributed by atoms with Gasteiger partial charge >= 0.3 is 0 Å². The summed E-state index contributed by atoms with van der Waals surface area (Å²) in [5.41, 5.74) is 5.76. The Hall–Kier alpha value is -3.21. The number of nitrogens with one attached hydrogen (secondary N) is 1. The maximum absolute atomic E-state index is 12.5. The molecule has 1 atom stereocenters. The van der Waals surface area contributed by atoms with Gasteiger partial charge in [0.25, 0.3) is 5.91 Å². The van der Waals surface area contributed by atoms with Gasteiger partial charge in [0.2, 0.25) is 0 Å². The first-order chi connectivity index (χ1) is 13.1. The molecular weight excluding hydrogens is 338 g/mol. The Labute approximate surface area is 158 Å². The molecule has 136 valence electrons. The number of aromatic nitrogens is 2. The Bertz CT molecular complexity index is 986. The van der Waals surface area contributed by atoms with E-state index in [-0.39, 0.29) is 12.0 Å². The van der Waals surface area contributed by atoms with Crippen molar-refractivity contribution in [3.8, 4) is 17.0 Å². The Kier molecular flexibility index (Phi) is 4.59. The predicted molar refractivity (Wildman–Crippen MR) is 104 cm³/mol. The van der Waals surface area contributed by atoms with E-state index in [4.69, 9.17) is 4.74 Å². The van der Waals surface area contributed by atoms with Gasteiger partial charge in [0.05, 0.1) is 18.4 Å². The molecule has 0 unspecified atom stereocenters. The van der Waals surface area contributed by atoms with Gasteiger partial charge in [-0.3, -0.25) is 14.8 Å². The second-order valence-corrected chi connectivity index (χ2v) is 6.89. The summed E-state index contributed by atoms with van der Waals surface area (Å²) in [6.45, 7) is 4.41. The molecule has 0 saturated heterocycles. The number of hydrogen-bond donors (Lipinski definition) is 1. The molecule has 0 radical (unpaired) electrons. The average molecular weight is 359 g/mol. The summed E-state index contributed by atoms with van der Waals surface area (Å²) in [7, 11) is 0. The van der Waals surface area contributed by atoms with Crippen LogP contribution in [0.5, 0.6) is 5.75 Å². The van der Waals surface area contributed by atoms with E-state index in [1.54, 1.807) is 18.6 Å². The van der Waals surface area contributed by atoms with E-state index in [1.165, 1.54) is 0 Å². The van der Waals surface area contributed by atoms with Gasteiger partial charge in [-0.15, -0.1) is 0 Å². The number of fused-ring (bicyclic) bond motifs is 1. The highest BCUT2D eigenvalue weighted by Gasteiger charge is 2.24. The third-order valence-electron chi connectivity index (χ3n) is 4.79. The minimum Gasteiger partial charge on any atom is -0.488 e. The van der Waals surface area contributed by atoms with Gasteiger partial charge in [-0.1, -0.05) is 17.7 Å². The van der Waals surface area contributed by atoms with E-state index in [1.807, 2.05) is 44.2 Å². The smallest absolute Gasteiger partial charge is 0.251 e. The Morgan fingerprint density at radius 1 is 1.19 bits per heavy atom. The van der Waals surface area contributed by atoms with E-state index in [0.717, 1.165) is 45.7 Å². The number of carbonyl (C=O) groups excluding carboxylic acids is 1. The molecule has 5 heteroatoms. The molecule has 1 aromatic heterocycles. The van der Waals surface area contributed by atoms with E-state index in [2.05, 4.69) is 21.4 Å². The second kappa shape index (κ2) is 7.19. The van der Waals surface area contributed by atoms with Crippen molar-refractivity contribution in [2.45, 2.75) is 26.4 Å². The topological polar surface area (TPSA) is 64.1 Å². The van der Waals surface area contributed by atoms with Crippen molar-refractivity contribution < 1.29 is 9.53 Å². The molecule has 2 aromatic carbocycles. The van der Waals surface area contributed by atoms with Crippen LogP contribution in [0.1, 0.15) is 27.0 Å². The van der Waals surface area contributed by atoms with Crippen LogP contribution in [0.25, 0.3) is 11.3 Å². The van der Waals surface area contributed by atoms with Gasteiger partial charge in [-0.25, -0.2) is 0 Å². The fraction of sp³-hybridized carbons (Fsp3) is 0.227. The molecule has 5 nitrogen and oxygen atoms in total. The largest absolute Gasteiger partial charge is 0.488 e. The van der Waals surface area contributed by atoms with Crippen LogP contribution < -0.4 is 10.1 Å². The summed E-state index contributed by atoms with van der Waals surface area (Å²) in [6.07, 6.45) is 5.79. The Balaban J connectivity index is 1.41. The molecule has 0 bridgehead atoms. The zero-order valence-corrected chi connectivity index (χ0v) is 15.4. The van der Waals surface area contributed by atoms with Crippen LogP contribution in [0.15, 0.2) is 55.0 Å². The normalized spacial score (nSPS) is 15.1. The van der Waals surface area contributed by atoms with Crippen molar-refractivity contribution in [1.82, 2.24) is 15.3 Å². The first-order valence-electron chi connectivity index (χ1n) is 9.01. The van der Waals surface area contributed by atoms with Gasteiger partial charge in [0.15, 0.2) is 0 Å². The summed E-state index contributed by atoms with van der Waals surface area (Å²) in [5, 5.41) is 3.00. The quantitative estimate of drug-likeness (QED) is 0.774. The standard InChI is InChI=1S/C22H21N3O2/c1-14-3-4-15(2)19(9-14)22(26)25-12-18-11-17-10-16(5-6-21(17)27-18)20-13-23-7-8-24-20/h3-10,13,18H,11-12H2,1-2H3,(H,25,26)/t18-/m0/s1. The van der Waals surface area contributed by atoms with Gasteiger partial charge in [0, 0.05) is 29.9 Å². The maximum atomic E-state index is 12.5. The number of ether oxygens (including phenoxy) is 1.